The zero-order valence-corrected chi connectivity index (χ0v) is 7.69. The molecule has 0 radical (unpaired) electrons. The highest BCUT2D eigenvalue weighted by atomic mass is 16.7. The Labute approximate surface area is 83.8 Å². The summed E-state index contributed by atoms with van der Waals surface area (Å²) in [5.41, 5.74) is -3.76. The molecule has 8 heteroatoms. The molecule has 8 nitrogen and oxygen atoms in total. The lowest BCUT2D eigenvalue weighted by Gasteiger charge is -2.23. The van der Waals surface area contributed by atoms with Crippen molar-refractivity contribution >= 4 is 0 Å². The summed E-state index contributed by atoms with van der Waals surface area (Å²) in [6, 6.07) is 0. The third kappa shape index (κ3) is 1.60. The van der Waals surface area contributed by atoms with E-state index in [1.807, 2.05) is 0 Å². The molecule has 0 saturated carbocycles. The van der Waals surface area contributed by atoms with Gasteiger partial charge in [0.2, 0.25) is 0 Å². The van der Waals surface area contributed by atoms with Gasteiger partial charge >= 0.3 is 11.4 Å². The second-order valence-electron chi connectivity index (χ2n) is 2.83. The number of aliphatic hydroxyl groups is 1. The molecular formula is C7H8N2O6. The Morgan fingerprint density at radius 3 is 2.53 bits per heavy atom. The molecule has 0 bridgehead atoms. The van der Waals surface area contributed by atoms with Crippen LogP contribution in [-0.4, -0.2) is 33.9 Å². The van der Waals surface area contributed by atoms with Crippen molar-refractivity contribution in [2.45, 2.75) is 11.8 Å². The maximum Gasteiger partial charge on any atom is 0.442 e. The second-order valence-corrected chi connectivity index (χ2v) is 2.83. The number of nitro groups is 2. The highest BCUT2D eigenvalue weighted by Crippen LogP contribution is 2.28. The van der Waals surface area contributed by atoms with Gasteiger partial charge in [0, 0.05) is 13.2 Å². The predicted octanol–water partition coefficient (Wildman–Crippen LogP) is -0.303. The van der Waals surface area contributed by atoms with Gasteiger partial charge in [0.15, 0.2) is 6.10 Å². The molecule has 0 aliphatic heterocycles. The molecule has 0 saturated heterocycles. The van der Waals surface area contributed by atoms with Crippen LogP contribution in [-0.2, 0) is 4.74 Å². The first-order valence-corrected chi connectivity index (χ1v) is 3.87. The third-order valence-electron chi connectivity index (χ3n) is 2.04. The molecule has 1 aliphatic carbocycles. The number of allylic oxidation sites excluding steroid dienone is 2. The van der Waals surface area contributed by atoms with Gasteiger partial charge in [0.25, 0.3) is 0 Å². The SMILES string of the molecule is COC1C=CC=C([N+](=O)[O-])C1(O)[N+](=O)[O-]. The van der Waals surface area contributed by atoms with E-state index in [0.717, 1.165) is 13.2 Å². The largest absolute Gasteiger partial charge is 0.442 e. The van der Waals surface area contributed by atoms with Gasteiger partial charge in [-0.25, -0.2) is 0 Å². The summed E-state index contributed by atoms with van der Waals surface area (Å²) in [6.07, 6.45) is 1.90. The molecule has 0 spiro atoms. The van der Waals surface area contributed by atoms with E-state index < -0.39 is 27.4 Å². The number of hydrogen-bond donors (Lipinski definition) is 1. The highest BCUT2D eigenvalue weighted by molar-refractivity contribution is 5.24. The van der Waals surface area contributed by atoms with E-state index in [-0.39, 0.29) is 0 Å². The van der Waals surface area contributed by atoms with Crippen LogP contribution in [0.15, 0.2) is 23.9 Å². The number of methoxy groups -OCH3 is 1. The average molecular weight is 216 g/mol. The summed E-state index contributed by atoms with van der Waals surface area (Å²) in [6.45, 7) is 0. The Morgan fingerprint density at radius 1 is 1.53 bits per heavy atom. The van der Waals surface area contributed by atoms with E-state index in [2.05, 4.69) is 4.74 Å². The zero-order chi connectivity index (χ0) is 11.6. The molecule has 0 aromatic carbocycles. The minimum Gasteiger partial charge on any atom is -0.366 e. The first-order chi connectivity index (χ1) is 6.94. The number of rotatable bonds is 3. The Kier molecular flexibility index (Phi) is 2.82. The van der Waals surface area contributed by atoms with Crippen molar-refractivity contribution in [3.63, 3.8) is 0 Å². The van der Waals surface area contributed by atoms with Crippen molar-refractivity contribution in [3.8, 4) is 0 Å². The molecule has 0 amide bonds. The van der Waals surface area contributed by atoms with E-state index in [4.69, 9.17) is 0 Å². The first-order valence-electron chi connectivity index (χ1n) is 3.87. The van der Waals surface area contributed by atoms with Crippen molar-refractivity contribution in [3.05, 3.63) is 44.2 Å². The minimum atomic E-state index is -2.84. The van der Waals surface area contributed by atoms with Crippen molar-refractivity contribution in [2.24, 2.45) is 0 Å². The quantitative estimate of drug-likeness (QED) is 0.393. The molecule has 0 heterocycles. The van der Waals surface area contributed by atoms with Crippen LogP contribution in [0, 0.1) is 20.2 Å². The Bertz CT molecular complexity index is 362. The Hall–Kier alpha value is -1.80. The summed E-state index contributed by atoms with van der Waals surface area (Å²) >= 11 is 0. The van der Waals surface area contributed by atoms with E-state index >= 15 is 0 Å². The first kappa shape index (κ1) is 11.3. The van der Waals surface area contributed by atoms with E-state index in [1.54, 1.807) is 0 Å². The molecule has 1 rings (SSSR count). The van der Waals surface area contributed by atoms with Gasteiger partial charge in [-0.05, 0) is 6.08 Å². The van der Waals surface area contributed by atoms with Crippen LogP contribution in [0.5, 0.6) is 0 Å². The van der Waals surface area contributed by atoms with Crippen molar-refractivity contribution in [1.82, 2.24) is 0 Å². The third-order valence-corrected chi connectivity index (χ3v) is 2.04. The van der Waals surface area contributed by atoms with Crippen LogP contribution < -0.4 is 0 Å². The van der Waals surface area contributed by atoms with E-state index in [0.29, 0.717) is 0 Å². The molecule has 1 N–H and O–H groups in total. The van der Waals surface area contributed by atoms with Gasteiger partial charge < -0.3 is 9.84 Å². The van der Waals surface area contributed by atoms with E-state index in [1.165, 1.54) is 12.2 Å². The smallest absolute Gasteiger partial charge is 0.366 e. The van der Waals surface area contributed by atoms with Crippen LogP contribution in [0.25, 0.3) is 0 Å². The lowest BCUT2D eigenvalue weighted by molar-refractivity contribution is -0.654. The zero-order valence-electron chi connectivity index (χ0n) is 7.69. The lowest BCUT2D eigenvalue weighted by atomic mass is 9.98. The standard InChI is InChI=1S/C7H8N2O6/c1-15-6-4-2-3-5(8(11)12)7(6,10)9(13)14/h2-4,6,10H,1H3. The molecule has 2 unspecified atom stereocenters. The molecule has 0 aromatic heterocycles. The Balaban J connectivity index is 3.26. The average Bonchev–Trinajstić information content (AvgIpc) is 2.17. The normalized spacial score (nSPS) is 29.7. The van der Waals surface area contributed by atoms with Gasteiger partial charge in [-0.1, -0.05) is 6.08 Å². The van der Waals surface area contributed by atoms with Gasteiger partial charge in [-0.3, -0.25) is 20.2 Å². The summed E-state index contributed by atoms with van der Waals surface area (Å²) in [4.78, 5) is 19.0. The van der Waals surface area contributed by atoms with Crippen molar-refractivity contribution in [2.75, 3.05) is 7.11 Å². The van der Waals surface area contributed by atoms with Gasteiger partial charge in [-0.15, -0.1) is 0 Å². The maximum absolute atomic E-state index is 10.7. The number of hydrogen-bond acceptors (Lipinski definition) is 6. The summed E-state index contributed by atoms with van der Waals surface area (Å²) in [5.74, 6) is 0. The van der Waals surface area contributed by atoms with Gasteiger partial charge in [0.1, 0.15) is 0 Å². The fourth-order valence-electron chi connectivity index (χ4n) is 1.29. The van der Waals surface area contributed by atoms with Crippen LogP contribution in [0.1, 0.15) is 0 Å². The van der Waals surface area contributed by atoms with Gasteiger partial charge in [0.05, 0.1) is 9.85 Å². The fraction of sp³-hybridized carbons (Fsp3) is 0.429. The van der Waals surface area contributed by atoms with Crippen molar-refractivity contribution < 1.29 is 19.7 Å². The predicted molar refractivity (Wildman–Crippen MR) is 47.0 cm³/mol. The summed E-state index contributed by atoms with van der Waals surface area (Å²) in [5, 5.41) is 30.8. The van der Waals surface area contributed by atoms with Crippen molar-refractivity contribution in [1.29, 1.82) is 0 Å². The van der Waals surface area contributed by atoms with Crippen LogP contribution in [0.2, 0.25) is 0 Å². The number of nitrogens with zero attached hydrogens (tertiary/aromatic N) is 2. The fourth-order valence-corrected chi connectivity index (χ4v) is 1.29. The molecule has 0 aromatic rings. The molecule has 82 valence electrons. The summed E-state index contributed by atoms with van der Waals surface area (Å²) in [7, 11) is 1.12. The summed E-state index contributed by atoms with van der Waals surface area (Å²) < 4.78 is 4.62. The van der Waals surface area contributed by atoms with Gasteiger partial charge in [-0.2, -0.15) is 0 Å². The van der Waals surface area contributed by atoms with E-state index in [9.17, 15) is 25.3 Å². The minimum absolute atomic E-state index is 0.873. The lowest BCUT2D eigenvalue weighted by Crippen LogP contribution is -2.53. The number of ether oxygens (including phenoxy) is 1. The monoisotopic (exact) mass is 216 g/mol. The van der Waals surface area contributed by atoms with Crippen LogP contribution in [0.4, 0.5) is 0 Å². The van der Waals surface area contributed by atoms with Crippen LogP contribution >= 0.6 is 0 Å². The molecule has 2 atom stereocenters. The second kappa shape index (κ2) is 3.75. The molecular weight excluding hydrogens is 208 g/mol. The molecule has 0 fully saturated rings. The maximum atomic E-state index is 10.7. The highest BCUT2D eigenvalue weighted by Gasteiger charge is 2.60. The molecule has 1 aliphatic rings. The van der Waals surface area contributed by atoms with Crippen LogP contribution in [0.3, 0.4) is 0 Å². The molecule has 15 heavy (non-hydrogen) atoms. The topological polar surface area (TPSA) is 116 Å². The Morgan fingerprint density at radius 2 is 2.13 bits per heavy atom.